The Hall–Kier alpha value is -3.80. The van der Waals surface area contributed by atoms with Gasteiger partial charge in [0.1, 0.15) is 0 Å². The lowest BCUT2D eigenvalue weighted by Crippen LogP contribution is -2.38. The molecule has 0 bridgehead atoms. The number of amides is 2. The topological polar surface area (TPSA) is 88.2 Å². The molecule has 2 amide bonds. The Morgan fingerprint density at radius 2 is 1.60 bits per heavy atom. The summed E-state index contributed by atoms with van der Waals surface area (Å²) in [7, 11) is 0. The molecule has 1 unspecified atom stereocenters. The third kappa shape index (κ3) is 5.61. The molecule has 30 heavy (non-hydrogen) atoms. The van der Waals surface area contributed by atoms with Crippen molar-refractivity contribution in [1.82, 2.24) is 10.3 Å². The molecule has 3 aromatic rings. The van der Waals surface area contributed by atoms with Crippen molar-refractivity contribution in [1.29, 1.82) is 0 Å². The van der Waals surface area contributed by atoms with E-state index in [1.54, 1.807) is 36.5 Å². The van der Waals surface area contributed by atoms with Crippen molar-refractivity contribution in [3.8, 4) is 0 Å². The average Bonchev–Trinajstić information content (AvgIpc) is 2.75. The highest BCUT2D eigenvalue weighted by molar-refractivity contribution is 6.39. The van der Waals surface area contributed by atoms with Gasteiger partial charge < -0.3 is 10.6 Å². The van der Waals surface area contributed by atoms with Gasteiger partial charge in [0.25, 0.3) is 0 Å². The SMILES string of the molecule is CC(=O)c1ccc(NC(=O)C(=O)NC(Cc2ccc(C)cc2)c2ccccn2)cc1. The Morgan fingerprint density at radius 3 is 2.20 bits per heavy atom. The van der Waals surface area contributed by atoms with E-state index in [0.29, 0.717) is 23.4 Å². The van der Waals surface area contributed by atoms with Crippen LogP contribution in [-0.2, 0) is 16.0 Å². The molecule has 2 aromatic carbocycles. The van der Waals surface area contributed by atoms with E-state index in [1.165, 1.54) is 6.92 Å². The highest BCUT2D eigenvalue weighted by Crippen LogP contribution is 2.17. The van der Waals surface area contributed by atoms with Crippen LogP contribution in [0.2, 0.25) is 0 Å². The standard InChI is InChI=1S/C24H23N3O3/c1-16-6-8-18(9-7-16)15-22(21-5-3-4-14-25-21)27-24(30)23(29)26-20-12-10-19(11-13-20)17(2)28/h3-14,22H,15H2,1-2H3,(H,26,29)(H,27,30). The molecule has 1 heterocycles. The number of nitrogens with one attached hydrogen (secondary N) is 2. The van der Waals surface area contributed by atoms with Crippen LogP contribution in [-0.4, -0.2) is 22.6 Å². The molecule has 0 spiro atoms. The van der Waals surface area contributed by atoms with E-state index in [9.17, 15) is 14.4 Å². The molecule has 0 aliphatic rings. The fourth-order valence-electron chi connectivity index (χ4n) is 2.97. The molecule has 0 aliphatic heterocycles. The van der Waals surface area contributed by atoms with Gasteiger partial charge in [-0.25, -0.2) is 0 Å². The van der Waals surface area contributed by atoms with Crippen LogP contribution >= 0.6 is 0 Å². The van der Waals surface area contributed by atoms with Crippen molar-refractivity contribution in [3.05, 3.63) is 95.3 Å². The molecule has 0 saturated carbocycles. The maximum absolute atomic E-state index is 12.5. The first-order chi connectivity index (χ1) is 14.4. The third-order valence-electron chi connectivity index (χ3n) is 4.67. The van der Waals surface area contributed by atoms with Crippen molar-refractivity contribution in [2.75, 3.05) is 5.32 Å². The Labute approximate surface area is 175 Å². The van der Waals surface area contributed by atoms with Crippen molar-refractivity contribution in [2.45, 2.75) is 26.3 Å². The maximum Gasteiger partial charge on any atom is 0.313 e. The van der Waals surface area contributed by atoms with E-state index in [2.05, 4.69) is 15.6 Å². The molecule has 0 aliphatic carbocycles. The number of pyridine rings is 1. The van der Waals surface area contributed by atoms with Crippen LogP contribution in [0.1, 0.15) is 40.1 Å². The smallest absolute Gasteiger partial charge is 0.313 e. The number of hydrogen-bond acceptors (Lipinski definition) is 4. The van der Waals surface area contributed by atoms with Crippen LogP contribution in [0.25, 0.3) is 0 Å². The second-order valence-electron chi connectivity index (χ2n) is 7.06. The number of aromatic nitrogens is 1. The van der Waals surface area contributed by atoms with Crippen molar-refractivity contribution in [3.63, 3.8) is 0 Å². The summed E-state index contributed by atoms with van der Waals surface area (Å²) in [6.45, 7) is 3.47. The van der Waals surface area contributed by atoms with E-state index < -0.39 is 17.9 Å². The summed E-state index contributed by atoms with van der Waals surface area (Å²) in [5, 5.41) is 5.33. The minimum absolute atomic E-state index is 0.0695. The molecular formula is C24H23N3O3. The van der Waals surface area contributed by atoms with Crippen LogP contribution in [0.4, 0.5) is 5.69 Å². The number of nitrogens with zero attached hydrogens (tertiary/aromatic N) is 1. The number of benzene rings is 2. The van der Waals surface area contributed by atoms with Gasteiger partial charge in [-0.05, 0) is 62.2 Å². The van der Waals surface area contributed by atoms with Gasteiger partial charge in [0.15, 0.2) is 5.78 Å². The zero-order valence-corrected chi connectivity index (χ0v) is 16.9. The van der Waals surface area contributed by atoms with Gasteiger partial charge in [-0.1, -0.05) is 35.9 Å². The molecule has 152 valence electrons. The minimum atomic E-state index is -0.782. The Morgan fingerprint density at radius 1 is 0.900 bits per heavy atom. The normalized spacial score (nSPS) is 11.4. The quantitative estimate of drug-likeness (QED) is 0.488. The van der Waals surface area contributed by atoms with Gasteiger partial charge in [0.05, 0.1) is 11.7 Å². The van der Waals surface area contributed by atoms with Crippen LogP contribution in [0.3, 0.4) is 0 Å². The maximum atomic E-state index is 12.5. The molecule has 0 radical (unpaired) electrons. The summed E-state index contributed by atoms with van der Waals surface area (Å²) < 4.78 is 0. The monoisotopic (exact) mass is 401 g/mol. The number of aryl methyl sites for hydroxylation is 1. The van der Waals surface area contributed by atoms with E-state index in [0.717, 1.165) is 11.1 Å². The second kappa shape index (κ2) is 9.60. The van der Waals surface area contributed by atoms with Crippen LogP contribution in [0.5, 0.6) is 0 Å². The summed E-state index contributed by atoms with van der Waals surface area (Å²) in [5.41, 5.74) is 3.81. The molecule has 0 fully saturated rings. The molecule has 3 rings (SSSR count). The molecule has 6 nitrogen and oxygen atoms in total. The highest BCUT2D eigenvalue weighted by Gasteiger charge is 2.21. The second-order valence-corrected chi connectivity index (χ2v) is 7.06. The predicted octanol–water partition coefficient (Wildman–Crippen LogP) is 3.63. The lowest BCUT2D eigenvalue weighted by Gasteiger charge is -2.18. The summed E-state index contributed by atoms with van der Waals surface area (Å²) in [6.07, 6.45) is 2.16. The summed E-state index contributed by atoms with van der Waals surface area (Å²) >= 11 is 0. The highest BCUT2D eigenvalue weighted by atomic mass is 16.2. The number of hydrogen-bond donors (Lipinski definition) is 2. The fourth-order valence-corrected chi connectivity index (χ4v) is 2.97. The summed E-state index contributed by atoms with van der Waals surface area (Å²) in [6, 6.07) is 19.4. The van der Waals surface area contributed by atoms with Crippen LogP contribution in [0, 0.1) is 6.92 Å². The molecule has 1 aromatic heterocycles. The number of rotatable bonds is 6. The first-order valence-corrected chi connectivity index (χ1v) is 9.61. The number of ketones is 1. The van der Waals surface area contributed by atoms with Crippen LogP contribution < -0.4 is 10.6 Å². The fraction of sp³-hybridized carbons (Fsp3) is 0.167. The van der Waals surface area contributed by atoms with Gasteiger partial charge in [-0.2, -0.15) is 0 Å². The molecule has 1 atom stereocenters. The Bertz CT molecular complexity index is 1030. The minimum Gasteiger partial charge on any atom is -0.339 e. The first kappa shape index (κ1) is 20.9. The number of carbonyl (C=O) groups is 3. The van der Waals surface area contributed by atoms with Crippen molar-refractivity contribution in [2.24, 2.45) is 0 Å². The summed E-state index contributed by atoms with van der Waals surface area (Å²) in [4.78, 5) is 40.6. The lowest BCUT2D eigenvalue weighted by molar-refractivity contribution is -0.136. The van der Waals surface area contributed by atoms with E-state index in [1.807, 2.05) is 43.3 Å². The zero-order valence-electron chi connectivity index (χ0n) is 16.9. The third-order valence-corrected chi connectivity index (χ3v) is 4.67. The molecule has 6 heteroatoms. The number of anilines is 1. The van der Waals surface area contributed by atoms with E-state index in [-0.39, 0.29) is 5.78 Å². The van der Waals surface area contributed by atoms with Gasteiger partial charge in [0, 0.05) is 17.4 Å². The van der Waals surface area contributed by atoms with Gasteiger partial charge in [0.2, 0.25) is 0 Å². The first-order valence-electron chi connectivity index (χ1n) is 9.61. The Kier molecular flexibility index (Phi) is 6.70. The molecule has 2 N–H and O–H groups in total. The molecule has 0 saturated heterocycles. The van der Waals surface area contributed by atoms with Gasteiger partial charge >= 0.3 is 11.8 Å². The largest absolute Gasteiger partial charge is 0.339 e. The average molecular weight is 401 g/mol. The van der Waals surface area contributed by atoms with Gasteiger partial charge in [-0.15, -0.1) is 0 Å². The van der Waals surface area contributed by atoms with Crippen molar-refractivity contribution >= 4 is 23.3 Å². The van der Waals surface area contributed by atoms with Crippen molar-refractivity contribution < 1.29 is 14.4 Å². The zero-order chi connectivity index (χ0) is 21.5. The summed E-state index contributed by atoms with van der Waals surface area (Å²) in [5.74, 6) is -1.61. The van der Waals surface area contributed by atoms with Gasteiger partial charge in [-0.3, -0.25) is 19.4 Å². The molecular weight excluding hydrogens is 378 g/mol. The number of carbonyl (C=O) groups excluding carboxylic acids is 3. The van der Waals surface area contributed by atoms with E-state index >= 15 is 0 Å². The lowest BCUT2D eigenvalue weighted by atomic mass is 10.0. The number of Topliss-reactive ketones (excluding diaryl/α,β-unsaturated/α-hetero) is 1. The van der Waals surface area contributed by atoms with Crippen LogP contribution in [0.15, 0.2) is 72.9 Å². The Balaban J connectivity index is 1.71. The van der Waals surface area contributed by atoms with E-state index in [4.69, 9.17) is 0 Å². The predicted molar refractivity (Wildman–Crippen MR) is 115 cm³/mol.